The molecule has 0 aromatic heterocycles. The maximum Gasteiger partial charge on any atom is 0.189 e. The Balaban J connectivity index is 0. The molecule has 0 aliphatic heterocycles. The molecular weight excluding hydrogens is 182 g/mol. The molecule has 9 heavy (non-hydrogen) atoms. The monoisotopic (exact) mass is 194 g/mol. The van der Waals surface area contributed by atoms with E-state index in [9.17, 15) is 4.57 Å². The molecule has 0 radical (unpaired) electrons. The third kappa shape index (κ3) is 12.0. The molecule has 0 fully saturated rings. The van der Waals surface area contributed by atoms with Gasteiger partial charge < -0.3 is 4.89 Å². The summed E-state index contributed by atoms with van der Waals surface area (Å²) in [4.78, 5) is 8.33. The molecule has 2 nitrogen and oxygen atoms in total. The number of hydrogen-bond donors (Lipinski definition) is 1. The molecule has 0 saturated carbocycles. The van der Waals surface area contributed by atoms with Gasteiger partial charge in [0.05, 0.1) is 0 Å². The Morgan fingerprint density at radius 3 is 2.33 bits per heavy atom. The van der Waals surface area contributed by atoms with Crippen molar-refractivity contribution in [2.24, 2.45) is 0 Å². The summed E-state index contributed by atoms with van der Waals surface area (Å²) >= 11 is 0. The van der Waals surface area contributed by atoms with Crippen LogP contribution in [0.1, 0.15) is 26.2 Å². The largest absolute Gasteiger partial charge is 0.346 e. The van der Waals surface area contributed by atoms with Crippen LogP contribution in [0.2, 0.25) is 0 Å². The molecule has 0 saturated heterocycles. The van der Waals surface area contributed by atoms with Crippen molar-refractivity contribution in [3.63, 3.8) is 0 Å². The van der Waals surface area contributed by atoms with Crippen LogP contribution in [0.15, 0.2) is 0 Å². The van der Waals surface area contributed by atoms with E-state index in [1.165, 1.54) is 0 Å². The Hall–Kier alpha value is 0.684. The average molecular weight is 195 g/mol. The van der Waals surface area contributed by atoms with Crippen LogP contribution >= 0.6 is 8.03 Å². The first-order chi connectivity index (χ1) is 3.77. The summed E-state index contributed by atoms with van der Waals surface area (Å²) in [5, 5.41) is 0. The van der Waals surface area contributed by atoms with Gasteiger partial charge in [-0.3, -0.25) is 4.57 Å². The predicted molar refractivity (Wildman–Crippen MR) is 35.6 cm³/mol. The molecule has 0 spiro atoms. The summed E-state index contributed by atoms with van der Waals surface area (Å²) < 4.78 is 10.1. The van der Waals surface area contributed by atoms with Gasteiger partial charge in [0.25, 0.3) is 0 Å². The zero-order valence-corrected chi connectivity index (χ0v) is 7.49. The molecule has 0 aliphatic rings. The van der Waals surface area contributed by atoms with E-state index < -0.39 is 8.03 Å². The summed E-state index contributed by atoms with van der Waals surface area (Å²) in [6.45, 7) is 2.08. The van der Waals surface area contributed by atoms with E-state index in [-0.39, 0.29) is 16.5 Å². The standard InChI is InChI=1S/C5H13O2P.Ni/c1-2-3-4-5-8(6)7;/h8H,2-5H2,1H3,(H,6,7);. The maximum absolute atomic E-state index is 10.1. The molecule has 0 amide bonds. The summed E-state index contributed by atoms with van der Waals surface area (Å²) in [7, 11) is -2.16. The van der Waals surface area contributed by atoms with Crippen molar-refractivity contribution in [2.75, 3.05) is 6.16 Å². The Labute approximate surface area is 66.8 Å². The predicted octanol–water partition coefficient (Wildman–Crippen LogP) is 1.64. The average Bonchev–Trinajstić information content (AvgIpc) is 1.66. The van der Waals surface area contributed by atoms with E-state index in [1.54, 1.807) is 0 Å². The van der Waals surface area contributed by atoms with Crippen molar-refractivity contribution in [3.8, 4) is 0 Å². The van der Waals surface area contributed by atoms with E-state index >= 15 is 0 Å². The second kappa shape index (κ2) is 8.68. The summed E-state index contributed by atoms with van der Waals surface area (Å²) in [6, 6.07) is 0. The van der Waals surface area contributed by atoms with E-state index in [0.717, 1.165) is 19.3 Å². The molecule has 0 aromatic rings. The van der Waals surface area contributed by atoms with Gasteiger partial charge in [0, 0.05) is 22.7 Å². The molecule has 1 unspecified atom stereocenters. The van der Waals surface area contributed by atoms with Gasteiger partial charge in [-0.05, 0) is 6.42 Å². The molecule has 60 valence electrons. The Bertz CT molecular complexity index is 77.4. The van der Waals surface area contributed by atoms with E-state index in [4.69, 9.17) is 4.89 Å². The van der Waals surface area contributed by atoms with Crippen molar-refractivity contribution in [2.45, 2.75) is 26.2 Å². The first kappa shape index (κ1) is 12.4. The van der Waals surface area contributed by atoms with Gasteiger partial charge >= 0.3 is 0 Å². The van der Waals surface area contributed by atoms with Gasteiger partial charge in [0.15, 0.2) is 8.03 Å². The minimum Gasteiger partial charge on any atom is -0.346 e. The molecule has 0 heterocycles. The molecule has 4 heteroatoms. The second-order valence-electron chi connectivity index (χ2n) is 1.85. The van der Waals surface area contributed by atoms with Crippen LogP contribution in [0, 0.1) is 0 Å². The third-order valence-electron chi connectivity index (χ3n) is 0.994. The van der Waals surface area contributed by atoms with Crippen LogP contribution in [0.3, 0.4) is 0 Å². The van der Waals surface area contributed by atoms with Gasteiger partial charge in [-0.25, -0.2) is 0 Å². The van der Waals surface area contributed by atoms with E-state index in [0.29, 0.717) is 6.16 Å². The van der Waals surface area contributed by atoms with Crippen LogP contribution in [-0.2, 0) is 21.1 Å². The molecule has 0 bridgehead atoms. The van der Waals surface area contributed by atoms with Crippen molar-refractivity contribution in [1.82, 2.24) is 0 Å². The molecule has 0 aromatic carbocycles. The third-order valence-corrected chi connectivity index (χ3v) is 1.78. The molecule has 1 N–H and O–H groups in total. The van der Waals surface area contributed by atoms with E-state index in [1.807, 2.05) is 0 Å². The fourth-order valence-corrected chi connectivity index (χ4v) is 1.08. The molecule has 0 aliphatic carbocycles. The Morgan fingerprint density at radius 1 is 1.44 bits per heavy atom. The maximum atomic E-state index is 10.1. The SMILES string of the molecule is CCCCC[PH](=O)O.[Ni]. The van der Waals surface area contributed by atoms with E-state index in [2.05, 4.69) is 6.92 Å². The molecule has 0 rings (SSSR count). The number of hydrogen-bond acceptors (Lipinski definition) is 1. The van der Waals surface area contributed by atoms with Crippen LogP contribution in [0.4, 0.5) is 0 Å². The van der Waals surface area contributed by atoms with Gasteiger partial charge in [-0.2, -0.15) is 0 Å². The zero-order valence-electron chi connectivity index (χ0n) is 5.50. The topological polar surface area (TPSA) is 37.3 Å². The smallest absolute Gasteiger partial charge is 0.189 e. The van der Waals surface area contributed by atoms with Gasteiger partial charge in [-0.15, -0.1) is 0 Å². The fraction of sp³-hybridized carbons (Fsp3) is 1.00. The normalized spacial score (nSPS) is 12.2. The number of rotatable bonds is 4. The van der Waals surface area contributed by atoms with Crippen LogP contribution in [0.5, 0.6) is 0 Å². The van der Waals surface area contributed by atoms with Gasteiger partial charge in [0.1, 0.15) is 0 Å². The summed E-state index contributed by atoms with van der Waals surface area (Å²) in [6.07, 6.45) is 3.62. The Morgan fingerprint density at radius 2 is 2.00 bits per heavy atom. The molecule has 1 atom stereocenters. The van der Waals surface area contributed by atoms with Gasteiger partial charge in [-0.1, -0.05) is 19.8 Å². The minimum absolute atomic E-state index is 0. The fourth-order valence-electron chi connectivity index (χ4n) is 0.526. The quantitative estimate of drug-likeness (QED) is 0.420. The van der Waals surface area contributed by atoms with Crippen molar-refractivity contribution >= 4 is 8.03 Å². The van der Waals surface area contributed by atoms with Crippen molar-refractivity contribution < 1.29 is 25.9 Å². The zero-order chi connectivity index (χ0) is 6.41. The first-order valence-corrected chi connectivity index (χ1v) is 4.55. The summed E-state index contributed by atoms with van der Waals surface area (Å²) in [5.74, 6) is 0. The molecular formula is C5H13NiO2P. The minimum atomic E-state index is -2.16. The van der Waals surface area contributed by atoms with Gasteiger partial charge in [0.2, 0.25) is 0 Å². The first-order valence-electron chi connectivity index (χ1n) is 2.99. The van der Waals surface area contributed by atoms with Crippen LogP contribution < -0.4 is 0 Å². The van der Waals surface area contributed by atoms with Crippen LogP contribution in [0.25, 0.3) is 0 Å². The second-order valence-corrected chi connectivity index (χ2v) is 3.14. The summed E-state index contributed by atoms with van der Waals surface area (Å²) in [5.41, 5.74) is 0. The van der Waals surface area contributed by atoms with Crippen LogP contribution in [-0.4, -0.2) is 11.1 Å². The number of unbranched alkanes of at least 4 members (excludes halogenated alkanes) is 2. The van der Waals surface area contributed by atoms with Crippen molar-refractivity contribution in [3.05, 3.63) is 0 Å². The van der Waals surface area contributed by atoms with Crippen molar-refractivity contribution in [1.29, 1.82) is 0 Å². The Kier molecular flexibility index (Phi) is 11.9.